The van der Waals surface area contributed by atoms with Crippen molar-refractivity contribution in [1.29, 1.82) is 5.26 Å². The van der Waals surface area contributed by atoms with Gasteiger partial charge in [-0.25, -0.2) is 0 Å². The van der Waals surface area contributed by atoms with E-state index in [4.69, 9.17) is 21.1 Å². The fraction of sp³-hybridized carbons (Fsp3) is 0.115. The Morgan fingerprint density at radius 2 is 1.67 bits per heavy atom. The smallest absolute Gasteiger partial charge is 0.266 e. The van der Waals surface area contributed by atoms with Crippen LogP contribution in [-0.4, -0.2) is 25.5 Å². The normalized spacial score (nSPS) is 10.8. The van der Waals surface area contributed by atoms with Crippen LogP contribution in [0.15, 0.2) is 69.1 Å². The standard InChI is InChI=1S/C26H20Br2ClN3O4/c1-15-3-4-19(12-23(15)29)31-24(33)14-36-25-21(27)10-16(11-22(25)28)9-17(13-30)26(34)32-18-5-7-20(35-2)8-6-18/h3-12H,14H2,1-2H3,(H,31,33)(H,32,34)/b17-9-. The average molecular weight is 634 g/mol. The summed E-state index contributed by atoms with van der Waals surface area (Å²) in [5, 5.41) is 15.5. The van der Waals surface area contributed by atoms with Crippen molar-refractivity contribution in [3.63, 3.8) is 0 Å². The number of carbonyl (C=O) groups excluding carboxylic acids is 2. The minimum absolute atomic E-state index is 0.0885. The number of rotatable bonds is 8. The minimum Gasteiger partial charge on any atom is -0.497 e. The summed E-state index contributed by atoms with van der Waals surface area (Å²) in [6.45, 7) is 1.63. The van der Waals surface area contributed by atoms with Crippen LogP contribution < -0.4 is 20.1 Å². The summed E-state index contributed by atoms with van der Waals surface area (Å²) in [5.74, 6) is 0.131. The third-order valence-electron chi connectivity index (χ3n) is 4.85. The first kappa shape index (κ1) is 27.3. The molecule has 3 aromatic carbocycles. The number of hydrogen-bond acceptors (Lipinski definition) is 5. The molecule has 2 amide bonds. The molecule has 0 aliphatic rings. The highest BCUT2D eigenvalue weighted by Gasteiger charge is 2.14. The zero-order chi connectivity index (χ0) is 26.2. The average Bonchev–Trinajstić information content (AvgIpc) is 2.84. The molecule has 0 unspecified atom stereocenters. The SMILES string of the molecule is COc1ccc(NC(=O)/C(C#N)=C\c2cc(Br)c(OCC(=O)Nc3ccc(C)c(Cl)c3)c(Br)c2)cc1. The van der Waals surface area contributed by atoms with Crippen molar-refractivity contribution in [3.8, 4) is 17.6 Å². The second kappa shape index (κ2) is 12.6. The van der Waals surface area contributed by atoms with Crippen molar-refractivity contribution in [3.05, 3.63) is 85.3 Å². The first-order valence-electron chi connectivity index (χ1n) is 10.4. The van der Waals surface area contributed by atoms with Crippen molar-refractivity contribution in [1.82, 2.24) is 0 Å². The monoisotopic (exact) mass is 631 g/mol. The third kappa shape index (κ3) is 7.34. The van der Waals surface area contributed by atoms with Gasteiger partial charge < -0.3 is 20.1 Å². The van der Waals surface area contributed by atoms with Gasteiger partial charge >= 0.3 is 0 Å². The van der Waals surface area contributed by atoms with Crippen molar-refractivity contribution in [2.75, 3.05) is 24.4 Å². The quantitative estimate of drug-likeness (QED) is 0.211. The van der Waals surface area contributed by atoms with Gasteiger partial charge in [0.25, 0.3) is 11.8 Å². The molecule has 3 rings (SSSR count). The zero-order valence-electron chi connectivity index (χ0n) is 19.2. The van der Waals surface area contributed by atoms with Crippen LogP contribution >= 0.6 is 43.5 Å². The second-order valence-electron chi connectivity index (χ2n) is 7.47. The molecule has 0 saturated heterocycles. The molecule has 0 saturated carbocycles. The lowest BCUT2D eigenvalue weighted by Crippen LogP contribution is -2.20. The number of amides is 2. The molecule has 0 aliphatic carbocycles. The van der Waals surface area contributed by atoms with Gasteiger partial charge in [0.2, 0.25) is 0 Å². The molecule has 0 atom stereocenters. The highest BCUT2D eigenvalue weighted by Crippen LogP contribution is 2.35. The third-order valence-corrected chi connectivity index (χ3v) is 6.43. The van der Waals surface area contributed by atoms with E-state index in [-0.39, 0.29) is 18.1 Å². The Morgan fingerprint density at radius 1 is 1.03 bits per heavy atom. The summed E-state index contributed by atoms with van der Waals surface area (Å²) < 4.78 is 11.8. The molecule has 0 aliphatic heterocycles. The number of anilines is 2. The highest BCUT2D eigenvalue weighted by atomic mass is 79.9. The molecular weight excluding hydrogens is 614 g/mol. The number of ether oxygens (including phenoxy) is 2. The Bertz CT molecular complexity index is 1350. The number of hydrogen-bond donors (Lipinski definition) is 2. The van der Waals surface area contributed by atoms with Crippen molar-refractivity contribution >= 4 is 72.7 Å². The molecule has 10 heteroatoms. The fourth-order valence-electron chi connectivity index (χ4n) is 2.99. The largest absolute Gasteiger partial charge is 0.497 e. The van der Waals surface area contributed by atoms with Crippen molar-refractivity contribution < 1.29 is 19.1 Å². The van der Waals surface area contributed by atoms with Gasteiger partial charge in [-0.15, -0.1) is 0 Å². The van der Waals surface area contributed by atoms with Crippen molar-refractivity contribution in [2.45, 2.75) is 6.92 Å². The first-order valence-corrected chi connectivity index (χ1v) is 12.4. The van der Waals surface area contributed by atoms with Crippen LogP contribution in [0.4, 0.5) is 11.4 Å². The minimum atomic E-state index is -0.553. The van der Waals surface area contributed by atoms with E-state index in [0.29, 0.717) is 42.4 Å². The number of nitrogens with zero attached hydrogens (tertiary/aromatic N) is 1. The lowest BCUT2D eigenvalue weighted by Gasteiger charge is -2.12. The summed E-state index contributed by atoms with van der Waals surface area (Å²) in [5.41, 5.74) is 2.48. The van der Waals surface area contributed by atoms with Gasteiger partial charge in [0.15, 0.2) is 6.61 Å². The van der Waals surface area contributed by atoms with E-state index in [1.165, 1.54) is 6.08 Å². The molecule has 3 aromatic rings. The number of aryl methyl sites for hydroxylation is 1. The fourth-order valence-corrected chi connectivity index (χ4v) is 4.63. The predicted molar refractivity (Wildman–Crippen MR) is 147 cm³/mol. The number of benzene rings is 3. The molecule has 0 radical (unpaired) electrons. The Kier molecular flexibility index (Phi) is 9.53. The molecule has 2 N–H and O–H groups in total. The van der Waals surface area contributed by atoms with Crippen molar-refractivity contribution in [2.24, 2.45) is 0 Å². The number of carbonyl (C=O) groups is 2. The Labute approximate surface area is 230 Å². The zero-order valence-corrected chi connectivity index (χ0v) is 23.1. The summed E-state index contributed by atoms with van der Waals surface area (Å²) in [7, 11) is 1.55. The van der Waals surface area contributed by atoms with E-state index < -0.39 is 5.91 Å². The summed E-state index contributed by atoms with van der Waals surface area (Å²) in [4.78, 5) is 24.9. The second-order valence-corrected chi connectivity index (χ2v) is 9.58. The van der Waals surface area contributed by atoms with Gasteiger partial charge in [0, 0.05) is 16.4 Å². The van der Waals surface area contributed by atoms with Crippen LogP contribution in [0, 0.1) is 18.3 Å². The number of halogens is 3. The molecule has 0 spiro atoms. The van der Waals surface area contributed by atoms with E-state index in [2.05, 4.69) is 42.5 Å². The van der Waals surface area contributed by atoms with E-state index in [1.54, 1.807) is 55.6 Å². The topological polar surface area (TPSA) is 100 Å². The molecule has 0 aromatic heterocycles. The first-order chi connectivity index (χ1) is 17.2. The lowest BCUT2D eigenvalue weighted by molar-refractivity contribution is -0.118. The maximum absolute atomic E-state index is 12.6. The summed E-state index contributed by atoms with van der Waals surface area (Å²) >= 11 is 12.9. The number of nitriles is 1. The Hall–Kier alpha value is -3.32. The van der Waals surface area contributed by atoms with Crippen LogP contribution in [0.2, 0.25) is 5.02 Å². The van der Waals surface area contributed by atoms with E-state index >= 15 is 0 Å². The van der Waals surface area contributed by atoms with Crippen LogP contribution in [0.5, 0.6) is 11.5 Å². The van der Waals surface area contributed by atoms with Gasteiger partial charge in [-0.3, -0.25) is 9.59 Å². The van der Waals surface area contributed by atoms with Crippen LogP contribution in [0.1, 0.15) is 11.1 Å². The Morgan fingerprint density at radius 3 is 2.25 bits per heavy atom. The molecule has 0 heterocycles. The van der Waals surface area contributed by atoms with Crippen LogP contribution in [-0.2, 0) is 9.59 Å². The van der Waals surface area contributed by atoms with Crippen LogP contribution in [0.3, 0.4) is 0 Å². The van der Waals surface area contributed by atoms with Gasteiger partial charge in [0.05, 0.1) is 16.1 Å². The highest BCUT2D eigenvalue weighted by molar-refractivity contribution is 9.11. The maximum atomic E-state index is 12.6. The van der Waals surface area contributed by atoms with Crippen LogP contribution in [0.25, 0.3) is 6.08 Å². The van der Waals surface area contributed by atoms with E-state index in [0.717, 1.165) is 5.56 Å². The molecule has 184 valence electrons. The number of nitrogens with one attached hydrogen (secondary N) is 2. The molecule has 0 fully saturated rings. The van der Waals surface area contributed by atoms with Gasteiger partial charge in [-0.1, -0.05) is 17.7 Å². The molecule has 36 heavy (non-hydrogen) atoms. The van der Waals surface area contributed by atoms with Gasteiger partial charge in [0.1, 0.15) is 23.1 Å². The molecule has 0 bridgehead atoms. The summed E-state index contributed by atoms with van der Waals surface area (Å²) in [6, 6.07) is 17.3. The lowest BCUT2D eigenvalue weighted by atomic mass is 10.1. The van der Waals surface area contributed by atoms with Gasteiger partial charge in [-0.05, 0) is 105 Å². The molecular formula is C26H20Br2ClN3O4. The van der Waals surface area contributed by atoms with Gasteiger partial charge in [-0.2, -0.15) is 5.26 Å². The molecule has 7 nitrogen and oxygen atoms in total. The van der Waals surface area contributed by atoms with E-state index in [9.17, 15) is 14.9 Å². The van der Waals surface area contributed by atoms with E-state index in [1.807, 2.05) is 19.1 Å². The predicted octanol–water partition coefficient (Wildman–Crippen LogP) is 6.75. The summed E-state index contributed by atoms with van der Waals surface area (Å²) in [6.07, 6.45) is 1.45. The number of methoxy groups -OCH3 is 1. The maximum Gasteiger partial charge on any atom is 0.266 e. The Balaban J connectivity index is 1.68.